The molecule has 0 aromatic rings. The number of likely N-dealkylation sites (N-methyl/N-ethyl adjacent to an activating group) is 2. The van der Waals surface area contributed by atoms with Gasteiger partial charge in [-0.2, -0.15) is 0 Å². The first-order valence-electron chi connectivity index (χ1n) is 9.16. The molecule has 2 nitrogen and oxygen atoms in total. The second-order valence-electron chi connectivity index (χ2n) is 7.32. The molecule has 2 saturated carbocycles. The smallest absolute Gasteiger partial charge is 0.0254 e. The van der Waals surface area contributed by atoms with Gasteiger partial charge in [-0.25, -0.2) is 0 Å². The van der Waals surface area contributed by atoms with Crippen molar-refractivity contribution in [2.24, 2.45) is 11.8 Å². The highest BCUT2D eigenvalue weighted by atomic mass is 15.2. The van der Waals surface area contributed by atoms with Crippen molar-refractivity contribution in [3.63, 3.8) is 0 Å². The molecule has 3 unspecified atom stereocenters. The van der Waals surface area contributed by atoms with Crippen LogP contribution in [0, 0.1) is 11.8 Å². The van der Waals surface area contributed by atoms with Crippen LogP contribution in [-0.2, 0) is 0 Å². The second-order valence-corrected chi connectivity index (χ2v) is 7.32. The molecule has 118 valence electrons. The van der Waals surface area contributed by atoms with Crippen LogP contribution in [0.2, 0.25) is 0 Å². The van der Waals surface area contributed by atoms with Crippen molar-refractivity contribution in [2.45, 2.75) is 90.8 Å². The maximum atomic E-state index is 3.79. The molecule has 2 rings (SSSR count). The standard InChI is InChI=1S/C18H36N2/c1-5-19-17-12-11-15(14(3)4)13-18(17)20(6-2)16-9-7-8-10-16/h14-19H,5-13H2,1-4H3. The molecule has 2 aliphatic rings. The minimum Gasteiger partial charge on any atom is -0.313 e. The Balaban J connectivity index is 2.07. The van der Waals surface area contributed by atoms with Crippen molar-refractivity contribution < 1.29 is 0 Å². The Morgan fingerprint density at radius 2 is 1.75 bits per heavy atom. The van der Waals surface area contributed by atoms with E-state index in [2.05, 4.69) is 37.9 Å². The quantitative estimate of drug-likeness (QED) is 0.789. The molecule has 0 aliphatic heterocycles. The van der Waals surface area contributed by atoms with E-state index in [4.69, 9.17) is 0 Å². The van der Waals surface area contributed by atoms with Crippen LogP contribution in [0.1, 0.15) is 72.6 Å². The molecule has 0 saturated heterocycles. The maximum absolute atomic E-state index is 3.79. The first kappa shape index (κ1) is 16.3. The minimum absolute atomic E-state index is 0.732. The first-order valence-corrected chi connectivity index (χ1v) is 9.16. The molecule has 0 aromatic heterocycles. The summed E-state index contributed by atoms with van der Waals surface area (Å²) >= 11 is 0. The number of nitrogens with zero attached hydrogens (tertiary/aromatic N) is 1. The topological polar surface area (TPSA) is 15.3 Å². The van der Waals surface area contributed by atoms with Gasteiger partial charge in [-0.15, -0.1) is 0 Å². The van der Waals surface area contributed by atoms with Crippen LogP contribution in [0.25, 0.3) is 0 Å². The average Bonchev–Trinajstić information content (AvgIpc) is 2.95. The van der Waals surface area contributed by atoms with Gasteiger partial charge in [0.2, 0.25) is 0 Å². The fourth-order valence-electron chi connectivity index (χ4n) is 4.65. The molecule has 0 heterocycles. The lowest BCUT2D eigenvalue weighted by Crippen LogP contribution is -2.56. The molecule has 0 bridgehead atoms. The number of nitrogens with one attached hydrogen (secondary N) is 1. The molecule has 20 heavy (non-hydrogen) atoms. The summed E-state index contributed by atoms with van der Waals surface area (Å²) in [5.74, 6) is 1.78. The Morgan fingerprint density at radius 3 is 2.30 bits per heavy atom. The Labute approximate surface area is 126 Å². The van der Waals surface area contributed by atoms with Gasteiger partial charge < -0.3 is 5.32 Å². The Morgan fingerprint density at radius 1 is 1.05 bits per heavy atom. The minimum atomic E-state index is 0.732. The molecule has 0 radical (unpaired) electrons. The van der Waals surface area contributed by atoms with Gasteiger partial charge in [-0.1, -0.05) is 40.5 Å². The molecule has 2 aliphatic carbocycles. The van der Waals surface area contributed by atoms with Crippen molar-refractivity contribution in [1.29, 1.82) is 0 Å². The zero-order valence-corrected chi connectivity index (χ0v) is 14.2. The van der Waals surface area contributed by atoms with E-state index in [1.54, 1.807) is 0 Å². The fraction of sp³-hybridized carbons (Fsp3) is 1.00. The van der Waals surface area contributed by atoms with E-state index in [1.807, 2.05) is 0 Å². The van der Waals surface area contributed by atoms with Crippen molar-refractivity contribution in [1.82, 2.24) is 10.2 Å². The van der Waals surface area contributed by atoms with E-state index in [0.717, 1.165) is 36.5 Å². The number of hydrogen-bond acceptors (Lipinski definition) is 2. The zero-order chi connectivity index (χ0) is 14.5. The summed E-state index contributed by atoms with van der Waals surface area (Å²) in [5.41, 5.74) is 0. The van der Waals surface area contributed by atoms with Crippen LogP contribution < -0.4 is 5.32 Å². The predicted molar refractivity (Wildman–Crippen MR) is 88.1 cm³/mol. The SMILES string of the molecule is CCNC1CCC(C(C)C)CC1N(CC)C1CCCC1. The summed E-state index contributed by atoms with van der Waals surface area (Å²) in [6.07, 6.45) is 10.0. The summed E-state index contributed by atoms with van der Waals surface area (Å²) in [4.78, 5) is 2.87. The third kappa shape index (κ3) is 3.76. The van der Waals surface area contributed by atoms with E-state index in [9.17, 15) is 0 Å². The Hall–Kier alpha value is -0.0800. The van der Waals surface area contributed by atoms with E-state index >= 15 is 0 Å². The van der Waals surface area contributed by atoms with Gasteiger partial charge in [0, 0.05) is 18.1 Å². The van der Waals surface area contributed by atoms with Crippen LogP contribution in [0.5, 0.6) is 0 Å². The fourth-order valence-corrected chi connectivity index (χ4v) is 4.65. The summed E-state index contributed by atoms with van der Waals surface area (Å²) in [6.45, 7) is 11.8. The summed E-state index contributed by atoms with van der Waals surface area (Å²) < 4.78 is 0. The molecule has 1 N–H and O–H groups in total. The molecule has 3 atom stereocenters. The summed E-state index contributed by atoms with van der Waals surface area (Å²) in [7, 11) is 0. The lowest BCUT2D eigenvalue weighted by atomic mass is 9.76. The van der Waals surface area contributed by atoms with Crippen molar-refractivity contribution in [2.75, 3.05) is 13.1 Å². The van der Waals surface area contributed by atoms with Crippen LogP contribution >= 0.6 is 0 Å². The molecule has 0 aromatic carbocycles. The molecular weight excluding hydrogens is 244 g/mol. The van der Waals surface area contributed by atoms with Gasteiger partial charge in [0.25, 0.3) is 0 Å². The maximum Gasteiger partial charge on any atom is 0.0254 e. The van der Waals surface area contributed by atoms with Crippen LogP contribution in [0.15, 0.2) is 0 Å². The average molecular weight is 280 g/mol. The second kappa shape index (κ2) is 7.79. The Kier molecular flexibility index (Phi) is 6.35. The number of rotatable bonds is 6. The van der Waals surface area contributed by atoms with Crippen LogP contribution in [-0.4, -0.2) is 36.1 Å². The monoisotopic (exact) mass is 280 g/mol. The van der Waals surface area contributed by atoms with Gasteiger partial charge in [-0.3, -0.25) is 4.90 Å². The van der Waals surface area contributed by atoms with Gasteiger partial charge in [0.1, 0.15) is 0 Å². The van der Waals surface area contributed by atoms with Gasteiger partial charge in [0.15, 0.2) is 0 Å². The third-order valence-corrected chi connectivity index (χ3v) is 5.85. The van der Waals surface area contributed by atoms with E-state index in [-0.39, 0.29) is 0 Å². The molecule has 0 spiro atoms. The normalized spacial score (nSPS) is 32.4. The van der Waals surface area contributed by atoms with Gasteiger partial charge in [-0.05, 0) is 57.0 Å². The lowest BCUT2D eigenvalue weighted by molar-refractivity contribution is 0.0561. The van der Waals surface area contributed by atoms with Crippen LogP contribution in [0.3, 0.4) is 0 Å². The Bertz CT molecular complexity index is 271. The van der Waals surface area contributed by atoms with Crippen molar-refractivity contribution >= 4 is 0 Å². The van der Waals surface area contributed by atoms with Crippen LogP contribution in [0.4, 0.5) is 0 Å². The summed E-state index contributed by atoms with van der Waals surface area (Å²) in [5, 5.41) is 3.79. The van der Waals surface area contributed by atoms with Crippen molar-refractivity contribution in [3.8, 4) is 0 Å². The van der Waals surface area contributed by atoms with E-state index in [0.29, 0.717) is 0 Å². The number of hydrogen-bond donors (Lipinski definition) is 1. The highest BCUT2D eigenvalue weighted by Crippen LogP contribution is 2.36. The largest absolute Gasteiger partial charge is 0.313 e. The van der Waals surface area contributed by atoms with E-state index in [1.165, 1.54) is 51.5 Å². The highest BCUT2D eigenvalue weighted by molar-refractivity contribution is 4.94. The molecule has 2 fully saturated rings. The van der Waals surface area contributed by atoms with Crippen molar-refractivity contribution in [3.05, 3.63) is 0 Å². The first-order chi connectivity index (χ1) is 9.67. The van der Waals surface area contributed by atoms with Gasteiger partial charge in [0.05, 0.1) is 0 Å². The van der Waals surface area contributed by atoms with Gasteiger partial charge >= 0.3 is 0 Å². The molecule has 2 heteroatoms. The van der Waals surface area contributed by atoms with E-state index < -0.39 is 0 Å². The lowest BCUT2D eigenvalue weighted by Gasteiger charge is -2.46. The molecule has 0 amide bonds. The molecular formula is C18H36N2. The predicted octanol–water partition coefficient (Wildman–Crippen LogP) is 4.05. The zero-order valence-electron chi connectivity index (χ0n) is 14.2. The third-order valence-electron chi connectivity index (χ3n) is 5.85. The summed E-state index contributed by atoms with van der Waals surface area (Å²) in [6, 6.07) is 2.39. The highest BCUT2D eigenvalue weighted by Gasteiger charge is 2.37.